The molecule has 1 unspecified atom stereocenters. The maximum atomic E-state index is 13.0. The fraction of sp³-hybridized carbons (Fsp3) is 0.538. The highest BCUT2D eigenvalue weighted by Crippen LogP contribution is 2.17. The summed E-state index contributed by atoms with van der Waals surface area (Å²) in [6.45, 7) is 3.85. The maximum Gasteiger partial charge on any atom is 0.215 e. The third-order valence-corrected chi connectivity index (χ3v) is 4.23. The van der Waals surface area contributed by atoms with Crippen LogP contribution in [0, 0.1) is 11.7 Å². The Balaban J connectivity index is 2.59. The van der Waals surface area contributed by atoms with Gasteiger partial charge in [0.15, 0.2) is 0 Å². The average molecular weight is 324 g/mol. The van der Waals surface area contributed by atoms with Crippen molar-refractivity contribution in [2.45, 2.75) is 32.1 Å². The highest BCUT2D eigenvalue weighted by molar-refractivity contribution is 7.88. The Labute approximate surface area is 124 Å². The second-order valence-electron chi connectivity index (χ2n) is 5.14. The molecule has 1 atom stereocenters. The molecule has 114 valence electrons. The number of aliphatic hydroxyl groups is 1. The molecule has 20 heavy (non-hydrogen) atoms. The average Bonchev–Trinajstić information content (AvgIpc) is 2.30. The first-order valence-corrected chi connectivity index (χ1v) is 8.32. The van der Waals surface area contributed by atoms with Crippen LogP contribution >= 0.6 is 11.6 Å². The van der Waals surface area contributed by atoms with Gasteiger partial charge in [0.2, 0.25) is 10.0 Å². The molecule has 0 aliphatic carbocycles. The Hall–Kier alpha value is -0.690. The Bertz CT molecular complexity index is 549. The van der Waals surface area contributed by atoms with E-state index in [2.05, 4.69) is 4.72 Å². The van der Waals surface area contributed by atoms with E-state index < -0.39 is 21.9 Å². The molecule has 0 aromatic heterocycles. The van der Waals surface area contributed by atoms with Crippen molar-refractivity contribution < 1.29 is 17.9 Å². The van der Waals surface area contributed by atoms with E-state index in [1.165, 1.54) is 12.1 Å². The normalized spacial score (nSPS) is 13.7. The smallest absolute Gasteiger partial charge is 0.215 e. The fourth-order valence-electron chi connectivity index (χ4n) is 1.75. The van der Waals surface area contributed by atoms with Gasteiger partial charge in [-0.25, -0.2) is 17.5 Å². The van der Waals surface area contributed by atoms with Crippen LogP contribution in [0.1, 0.15) is 25.8 Å². The van der Waals surface area contributed by atoms with Crippen molar-refractivity contribution in [1.82, 2.24) is 4.72 Å². The van der Waals surface area contributed by atoms with E-state index in [0.29, 0.717) is 12.0 Å². The van der Waals surface area contributed by atoms with Gasteiger partial charge in [-0.3, -0.25) is 0 Å². The van der Waals surface area contributed by atoms with Crippen LogP contribution in [0.2, 0.25) is 5.02 Å². The van der Waals surface area contributed by atoms with Crippen molar-refractivity contribution in [3.8, 4) is 0 Å². The summed E-state index contributed by atoms with van der Waals surface area (Å²) in [7, 11) is -3.59. The number of nitrogens with one attached hydrogen (secondary N) is 1. The van der Waals surface area contributed by atoms with Crippen LogP contribution in [-0.2, 0) is 15.8 Å². The quantitative estimate of drug-likeness (QED) is 0.809. The van der Waals surface area contributed by atoms with Crippen LogP contribution in [0.5, 0.6) is 0 Å². The maximum absolute atomic E-state index is 13.0. The molecule has 7 heteroatoms. The minimum absolute atomic E-state index is 0.0323. The highest BCUT2D eigenvalue weighted by Gasteiger charge is 2.15. The van der Waals surface area contributed by atoms with Gasteiger partial charge in [0.25, 0.3) is 0 Å². The summed E-state index contributed by atoms with van der Waals surface area (Å²) < 4.78 is 39.0. The van der Waals surface area contributed by atoms with Gasteiger partial charge >= 0.3 is 0 Å². The number of sulfonamides is 1. The predicted octanol–water partition coefficient (Wildman–Crippen LogP) is 2.31. The van der Waals surface area contributed by atoms with Gasteiger partial charge < -0.3 is 5.11 Å². The van der Waals surface area contributed by atoms with E-state index in [0.717, 1.165) is 6.07 Å². The molecule has 0 aliphatic rings. The first kappa shape index (κ1) is 17.4. The van der Waals surface area contributed by atoms with E-state index in [9.17, 15) is 17.9 Å². The van der Waals surface area contributed by atoms with Crippen molar-refractivity contribution in [3.05, 3.63) is 34.6 Å². The molecule has 0 saturated heterocycles. The van der Waals surface area contributed by atoms with Crippen LogP contribution < -0.4 is 4.72 Å². The topological polar surface area (TPSA) is 66.4 Å². The van der Waals surface area contributed by atoms with Gasteiger partial charge in [0.1, 0.15) is 5.82 Å². The molecule has 0 radical (unpaired) electrons. The van der Waals surface area contributed by atoms with E-state index in [4.69, 9.17) is 11.6 Å². The summed E-state index contributed by atoms with van der Waals surface area (Å²) in [5, 5.41) is 9.52. The second-order valence-corrected chi connectivity index (χ2v) is 7.35. The van der Waals surface area contributed by atoms with E-state index in [1.54, 1.807) is 0 Å². The van der Waals surface area contributed by atoms with Crippen LogP contribution in [0.3, 0.4) is 0 Å². The number of aliphatic hydroxyl groups excluding tert-OH is 1. The summed E-state index contributed by atoms with van der Waals surface area (Å²) in [6, 6.07) is 3.77. The van der Waals surface area contributed by atoms with Crippen molar-refractivity contribution >= 4 is 21.6 Å². The SMILES string of the molecule is CC(C)CC(O)CNS(=O)(=O)Cc1ccc(F)c(Cl)c1. The number of rotatable bonds is 7. The number of benzene rings is 1. The number of halogens is 2. The number of hydrogen-bond acceptors (Lipinski definition) is 3. The molecule has 1 aromatic carbocycles. The zero-order chi connectivity index (χ0) is 15.3. The lowest BCUT2D eigenvalue weighted by Crippen LogP contribution is -2.33. The lowest BCUT2D eigenvalue weighted by molar-refractivity contribution is 0.152. The fourth-order valence-corrected chi connectivity index (χ4v) is 3.12. The van der Waals surface area contributed by atoms with E-state index >= 15 is 0 Å². The molecule has 0 fully saturated rings. The second kappa shape index (κ2) is 7.36. The van der Waals surface area contributed by atoms with Crippen LogP contribution in [-0.4, -0.2) is 26.2 Å². The Kier molecular flexibility index (Phi) is 6.39. The minimum atomic E-state index is -3.59. The molecule has 0 amide bonds. The zero-order valence-electron chi connectivity index (χ0n) is 11.4. The standard InChI is InChI=1S/C13H19ClFNO3S/c1-9(2)5-11(17)7-16-20(18,19)8-10-3-4-13(15)12(14)6-10/h3-4,6,9,11,16-17H,5,7-8H2,1-2H3. The van der Waals surface area contributed by atoms with E-state index in [1.807, 2.05) is 13.8 Å². The van der Waals surface area contributed by atoms with Crippen molar-refractivity contribution in [2.24, 2.45) is 5.92 Å². The number of hydrogen-bond donors (Lipinski definition) is 2. The summed E-state index contributed by atoms with van der Waals surface area (Å²) in [5.74, 6) is -0.611. The predicted molar refractivity (Wildman–Crippen MR) is 77.5 cm³/mol. The monoisotopic (exact) mass is 323 g/mol. The largest absolute Gasteiger partial charge is 0.392 e. The van der Waals surface area contributed by atoms with Crippen molar-refractivity contribution in [2.75, 3.05) is 6.54 Å². The Morgan fingerprint density at radius 2 is 2.05 bits per heavy atom. The van der Waals surface area contributed by atoms with Crippen LogP contribution in [0.4, 0.5) is 4.39 Å². The van der Waals surface area contributed by atoms with Gasteiger partial charge in [-0.1, -0.05) is 31.5 Å². The molecule has 1 rings (SSSR count). The van der Waals surface area contributed by atoms with Gasteiger partial charge in [-0.15, -0.1) is 0 Å². The van der Waals surface area contributed by atoms with Crippen molar-refractivity contribution in [1.29, 1.82) is 0 Å². The van der Waals surface area contributed by atoms with E-state index in [-0.39, 0.29) is 23.2 Å². The molecule has 2 N–H and O–H groups in total. The van der Waals surface area contributed by atoms with Gasteiger partial charge in [0, 0.05) is 6.54 Å². The van der Waals surface area contributed by atoms with Crippen LogP contribution in [0.25, 0.3) is 0 Å². The molecule has 0 spiro atoms. The highest BCUT2D eigenvalue weighted by atomic mass is 35.5. The summed E-state index contributed by atoms with van der Waals surface area (Å²) in [4.78, 5) is 0. The minimum Gasteiger partial charge on any atom is -0.392 e. The Morgan fingerprint density at radius 1 is 1.40 bits per heavy atom. The molecule has 1 aromatic rings. The summed E-state index contributed by atoms with van der Waals surface area (Å²) >= 11 is 5.60. The lowest BCUT2D eigenvalue weighted by atomic mass is 10.1. The van der Waals surface area contributed by atoms with Gasteiger partial charge in [0.05, 0.1) is 16.9 Å². The van der Waals surface area contributed by atoms with Crippen molar-refractivity contribution in [3.63, 3.8) is 0 Å². The first-order chi connectivity index (χ1) is 9.19. The molecular formula is C13H19ClFNO3S. The summed E-state index contributed by atoms with van der Waals surface area (Å²) in [6.07, 6.45) is -0.202. The van der Waals surface area contributed by atoms with Gasteiger partial charge in [-0.2, -0.15) is 0 Å². The van der Waals surface area contributed by atoms with Gasteiger partial charge in [-0.05, 0) is 30.0 Å². The zero-order valence-corrected chi connectivity index (χ0v) is 13.0. The molecular weight excluding hydrogens is 305 g/mol. The molecule has 0 heterocycles. The third kappa shape index (κ3) is 6.17. The molecule has 0 bridgehead atoms. The lowest BCUT2D eigenvalue weighted by Gasteiger charge is -2.14. The first-order valence-electron chi connectivity index (χ1n) is 6.29. The van der Waals surface area contributed by atoms with Crippen LogP contribution in [0.15, 0.2) is 18.2 Å². The third-order valence-electron chi connectivity index (χ3n) is 2.62. The molecule has 4 nitrogen and oxygen atoms in total. The molecule has 0 aliphatic heterocycles. The Morgan fingerprint density at radius 3 is 2.60 bits per heavy atom. The molecule has 0 saturated carbocycles. The summed E-state index contributed by atoms with van der Waals surface area (Å²) in [5.41, 5.74) is 0.391.